The molecule has 0 aliphatic heterocycles. The lowest BCUT2D eigenvalue weighted by atomic mass is 10.3. The average molecular weight is 503 g/mol. The first-order valence-corrected chi connectivity index (χ1v) is 12.9. The number of rotatable bonds is 18. The average Bonchev–Trinajstić information content (AvgIpc) is 2.65. The summed E-state index contributed by atoms with van der Waals surface area (Å²) < 4.78 is 36.8. The van der Waals surface area contributed by atoms with Crippen molar-refractivity contribution in [1.29, 1.82) is 0 Å². The largest absolute Gasteiger partial charge is 0.526 e. The molecule has 13 nitrogen and oxygen atoms in total. The molecule has 0 rings (SSSR count). The van der Waals surface area contributed by atoms with Gasteiger partial charge in [0.05, 0.1) is 39.3 Å². The van der Waals surface area contributed by atoms with Crippen LogP contribution in [-0.4, -0.2) is 131 Å². The fourth-order valence-electron chi connectivity index (χ4n) is 2.87. The van der Waals surface area contributed by atoms with Crippen LogP contribution in [0.5, 0.6) is 0 Å². The van der Waals surface area contributed by atoms with Crippen LogP contribution in [0.15, 0.2) is 0 Å². The molecule has 0 aliphatic carbocycles. The molecule has 6 unspecified atom stereocenters. The van der Waals surface area contributed by atoms with Gasteiger partial charge in [0.15, 0.2) is 0 Å². The van der Waals surface area contributed by atoms with E-state index in [0.29, 0.717) is 18.9 Å². The van der Waals surface area contributed by atoms with Crippen molar-refractivity contribution in [2.45, 2.75) is 17.3 Å². The predicted molar refractivity (Wildman–Crippen MR) is 113 cm³/mol. The molecule has 176 valence electrons. The lowest BCUT2D eigenvalue weighted by Crippen LogP contribution is -2.55. The summed E-state index contributed by atoms with van der Waals surface area (Å²) in [5.74, 6) is -4.16. The highest BCUT2D eigenvalue weighted by Crippen LogP contribution is 2.42. The van der Waals surface area contributed by atoms with E-state index in [2.05, 4.69) is 0 Å². The smallest absolute Gasteiger partial charge is 0.302 e. The first-order chi connectivity index (χ1) is 14.5. The van der Waals surface area contributed by atoms with E-state index in [4.69, 9.17) is 0 Å². The number of hydrogen-bond acceptors (Lipinski definition) is 10. The van der Waals surface area contributed by atoms with Crippen LogP contribution in [0.3, 0.4) is 0 Å². The zero-order chi connectivity index (χ0) is 24.1. The van der Waals surface area contributed by atoms with Gasteiger partial charge in [-0.3, -0.25) is 14.7 Å². The maximum Gasteiger partial charge on any atom is 0.526 e. The van der Waals surface area contributed by atoms with Gasteiger partial charge in [-0.1, -0.05) is 0 Å². The molecule has 31 heavy (non-hydrogen) atoms. The normalized spacial score (nSPS) is 16.3. The molecule has 0 spiro atoms. The van der Waals surface area contributed by atoms with Gasteiger partial charge >= 0.3 is 24.1 Å². The summed E-state index contributed by atoms with van der Waals surface area (Å²) >= 11 is 0. The maximum atomic E-state index is 12.3. The van der Waals surface area contributed by atoms with Gasteiger partial charge in [-0.15, -0.1) is 0 Å². The van der Waals surface area contributed by atoms with Gasteiger partial charge in [0.25, 0.3) is 17.3 Å². The minimum atomic E-state index is -3.06. The molecule has 0 heterocycles. The van der Waals surface area contributed by atoms with Crippen molar-refractivity contribution in [3.63, 3.8) is 0 Å². The molecular formula is C15H30N4O9P3+3. The van der Waals surface area contributed by atoms with Gasteiger partial charge in [0.1, 0.15) is 18.9 Å². The minimum absolute atomic E-state index is 0.102. The van der Waals surface area contributed by atoms with Crippen molar-refractivity contribution < 1.29 is 42.8 Å². The lowest BCUT2D eigenvalue weighted by Gasteiger charge is -2.30. The topological polar surface area (TPSA) is 176 Å². The Morgan fingerprint density at radius 3 is 1.00 bits per heavy atom. The van der Waals surface area contributed by atoms with E-state index in [0.717, 1.165) is 4.90 Å². The number of aldehydes is 3. The van der Waals surface area contributed by atoms with Crippen molar-refractivity contribution in [2.24, 2.45) is 0 Å². The van der Waals surface area contributed by atoms with Gasteiger partial charge in [-0.05, 0) is 34.8 Å². The Morgan fingerprint density at radius 1 is 0.613 bits per heavy atom. The molecule has 0 aromatic carbocycles. The van der Waals surface area contributed by atoms with E-state index in [1.807, 2.05) is 0 Å². The van der Waals surface area contributed by atoms with Gasteiger partial charge in [-0.2, -0.15) is 19.6 Å². The van der Waals surface area contributed by atoms with Gasteiger partial charge < -0.3 is 14.4 Å². The lowest BCUT2D eigenvalue weighted by molar-refractivity contribution is -0.109. The van der Waals surface area contributed by atoms with Crippen molar-refractivity contribution in [3.05, 3.63) is 0 Å². The predicted octanol–water partition coefficient (Wildman–Crippen LogP) is -1.14. The van der Waals surface area contributed by atoms with Crippen molar-refractivity contribution in [3.8, 4) is 0 Å². The van der Waals surface area contributed by atoms with Crippen LogP contribution in [0.2, 0.25) is 0 Å². The van der Waals surface area contributed by atoms with Gasteiger partial charge in [0.2, 0.25) is 0 Å². The molecule has 6 atom stereocenters. The molecule has 0 fully saturated rings. The monoisotopic (exact) mass is 503 g/mol. The molecular weight excluding hydrogens is 473 g/mol. The molecule has 0 aromatic heterocycles. The van der Waals surface area contributed by atoms with Crippen molar-refractivity contribution >= 4 is 42.9 Å². The Kier molecular flexibility index (Phi) is 15.3. The molecule has 0 bridgehead atoms. The second kappa shape index (κ2) is 15.8. The standard InChI is InChI=1S/C15H27N4O9P3/c1-16(4-7-20)10-13(29(23)24)19(14(30(25)26)11-17(2)5-8-21)15(31(27)28)12-18(3)6-9-22/h7-9,13-15H,4-6,10-12H2,1-3H3/p+3. The Balaban J connectivity index is 6.39. The van der Waals surface area contributed by atoms with Crippen LogP contribution in [-0.2, 0) is 28.1 Å². The highest BCUT2D eigenvalue weighted by Gasteiger charge is 2.57. The highest BCUT2D eigenvalue weighted by molar-refractivity contribution is 7.41. The van der Waals surface area contributed by atoms with E-state index in [-0.39, 0.29) is 39.3 Å². The SMILES string of the molecule is CN(CC=O)CC(N(C(CN(C)CC=O)[P+](=O)O)C(CN(C)CC=O)[P+](=O)O)[P+](=O)O. The summed E-state index contributed by atoms with van der Waals surface area (Å²) in [5.41, 5.74) is 0. The molecule has 0 amide bonds. The van der Waals surface area contributed by atoms with E-state index in [1.165, 1.54) is 35.8 Å². The summed E-state index contributed by atoms with van der Waals surface area (Å²) in [6, 6.07) is 0. The zero-order valence-electron chi connectivity index (χ0n) is 17.6. The molecule has 16 heteroatoms. The molecule has 0 saturated heterocycles. The Labute approximate surface area is 183 Å². The summed E-state index contributed by atoms with van der Waals surface area (Å²) in [7, 11) is -4.74. The first-order valence-electron chi connectivity index (χ1n) is 9.09. The fourth-order valence-corrected chi connectivity index (χ4v) is 6.09. The third-order valence-corrected chi connectivity index (χ3v) is 7.20. The van der Waals surface area contributed by atoms with E-state index in [9.17, 15) is 42.8 Å². The second-order valence-electron chi connectivity index (χ2n) is 6.96. The summed E-state index contributed by atoms with van der Waals surface area (Å²) in [4.78, 5) is 67.6. The van der Waals surface area contributed by atoms with E-state index < -0.39 is 41.4 Å². The molecule has 0 radical (unpaired) electrons. The van der Waals surface area contributed by atoms with Crippen LogP contribution in [0.25, 0.3) is 0 Å². The second-order valence-corrected chi connectivity index (χ2v) is 10.6. The molecule has 0 aromatic rings. The molecule has 0 aliphatic rings. The quantitative estimate of drug-likeness (QED) is 0.151. The van der Waals surface area contributed by atoms with E-state index >= 15 is 0 Å². The zero-order valence-corrected chi connectivity index (χ0v) is 20.3. The van der Waals surface area contributed by atoms with Crippen molar-refractivity contribution in [1.82, 2.24) is 19.6 Å². The third-order valence-electron chi connectivity index (χ3n) is 4.38. The minimum Gasteiger partial charge on any atom is -0.302 e. The fraction of sp³-hybridized carbons (Fsp3) is 0.800. The number of carbonyl (C=O) groups excluding carboxylic acids is 3. The molecule has 3 N–H and O–H groups in total. The van der Waals surface area contributed by atoms with Crippen molar-refractivity contribution in [2.75, 3.05) is 60.4 Å². The summed E-state index contributed by atoms with van der Waals surface area (Å²) in [6.07, 6.45) is 1.70. The van der Waals surface area contributed by atoms with Crippen LogP contribution in [0.1, 0.15) is 0 Å². The summed E-state index contributed by atoms with van der Waals surface area (Å²) in [5, 5.41) is 0. The van der Waals surface area contributed by atoms with Crippen LogP contribution in [0.4, 0.5) is 0 Å². The highest BCUT2D eigenvalue weighted by atomic mass is 31.1. The van der Waals surface area contributed by atoms with Gasteiger partial charge in [-0.25, -0.2) is 0 Å². The number of nitrogens with zero attached hydrogens (tertiary/aromatic N) is 4. The van der Waals surface area contributed by atoms with Gasteiger partial charge in [0, 0.05) is 0 Å². The van der Waals surface area contributed by atoms with Crippen LogP contribution >= 0.6 is 24.1 Å². The van der Waals surface area contributed by atoms with Crippen LogP contribution < -0.4 is 0 Å². The Bertz CT molecular complexity index is 572. The third kappa shape index (κ3) is 10.9. The number of carbonyl (C=O) groups is 3. The maximum absolute atomic E-state index is 12.3. The van der Waals surface area contributed by atoms with E-state index in [1.54, 1.807) is 0 Å². The Morgan fingerprint density at radius 2 is 0.839 bits per heavy atom. The van der Waals surface area contributed by atoms with Crippen LogP contribution in [0, 0.1) is 0 Å². The number of hydrogen-bond donors (Lipinski definition) is 3. The number of likely N-dealkylation sites (N-methyl/N-ethyl adjacent to an activating group) is 3. The Hall–Kier alpha value is -0.970. The molecule has 0 saturated carbocycles. The first kappa shape index (κ1) is 30.0. The summed E-state index contributed by atoms with van der Waals surface area (Å²) in [6.45, 7) is -0.976.